The highest BCUT2D eigenvalue weighted by molar-refractivity contribution is 6.11. The molecule has 3 aromatic rings. The van der Waals surface area contributed by atoms with E-state index in [0.29, 0.717) is 40.5 Å². The Morgan fingerprint density at radius 1 is 1.04 bits per heavy atom. The molecular weight excluding hydrogens is 359 g/mol. The average Bonchev–Trinajstić information content (AvgIpc) is 2.82. The summed E-state index contributed by atoms with van der Waals surface area (Å²) in [6, 6.07) is 17.5. The maximum atomic E-state index is 13.1. The summed E-state index contributed by atoms with van der Waals surface area (Å²) in [6.07, 6.45) is 0. The van der Waals surface area contributed by atoms with Crippen LogP contribution in [0.2, 0.25) is 0 Å². The van der Waals surface area contributed by atoms with Crippen LogP contribution in [0.1, 0.15) is 27.6 Å². The van der Waals surface area contributed by atoms with Gasteiger partial charge >= 0.3 is 0 Å². The van der Waals surface area contributed by atoms with E-state index >= 15 is 0 Å². The Bertz CT molecular complexity index is 1060. The number of benzene rings is 3. The van der Waals surface area contributed by atoms with Crippen molar-refractivity contribution >= 4 is 23.2 Å². The Kier molecular flexibility index (Phi) is 4.53. The molecule has 140 valence electrons. The SMILES string of the molecule is CCN1C(=O)c2cc(NC(=O)c3ccc(F)cc3)ccc2Oc2ccccc21. The second-order valence-corrected chi connectivity index (χ2v) is 6.29. The first kappa shape index (κ1) is 17.7. The molecule has 0 aromatic heterocycles. The summed E-state index contributed by atoms with van der Waals surface area (Å²) in [7, 11) is 0. The lowest BCUT2D eigenvalue weighted by Gasteiger charge is -2.19. The first-order chi connectivity index (χ1) is 13.6. The lowest BCUT2D eigenvalue weighted by Crippen LogP contribution is -2.29. The maximum Gasteiger partial charge on any atom is 0.262 e. The van der Waals surface area contributed by atoms with Gasteiger partial charge in [0.2, 0.25) is 0 Å². The zero-order valence-corrected chi connectivity index (χ0v) is 15.1. The van der Waals surface area contributed by atoms with Gasteiger partial charge in [-0.1, -0.05) is 12.1 Å². The fourth-order valence-electron chi connectivity index (χ4n) is 3.12. The number of nitrogens with zero attached hydrogens (tertiary/aromatic N) is 1. The Morgan fingerprint density at radius 3 is 2.54 bits per heavy atom. The molecule has 3 aromatic carbocycles. The van der Waals surface area contributed by atoms with Gasteiger partial charge in [-0.3, -0.25) is 9.59 Å². The molecule has 0 bridgehead atoms. The molecule has 1 N–H and O–H groups in total. The van der Waals surface area contributed by atoms with E-state index in [4.69, 9.17) is 4.74 Å². The molecule has 2 amide bonds. The third kappa shape index (κ3) is 3.20. The third-order valence-electron chi connectivity index (χ3n) is 4.51. The summed E-state index contributed by atoms with van der Waals surface area (Å²) in [4.78, 5) is 27.1. The number of anilines is 2. The highest BCUT2D eigenvalue weighted by Gasteiger charge is 2.27. The molecule has 0 saturated heterocycles. The highest BCUT2D eigenvalue weighted by Crippen LogP contribution is 2.39. The lowest BCUT2D eigenvalue weighted by molar-refractivity contribution is 0.0985. The van der Waals surface area contributed by atoms with Crippen LogP contribution in [0.25, 0.3) is 0 Å². The zero-order chi connectivity index (χ0) is 19.7. The summed E-state index contributed by atoms with van der Waals surface area (Å²) < 4.78 is 19.0. The highest BCUT2D eigenvalue weighted by atomic mass is 19.1. The van der Waals surface area contributed by atoms with Gasteiger partial charge in [-0.25, -0.2) is 4.39 Å². The van der Waals surface area contributed by atoms with Gasteiger partial charge in [-0.15, -0.1) is 0 Å². The Morgan fingerprint density at radius 2 is 1.79 bits per heavy atom. The maximum absolute atomic E-state index is 13.1. The van der Waals surface area contributed by atoms with Gasteiger partial charge in [0.1, 0.15) is 11.6 Å². The monoisotopic (exact) mass is 376 g/mol. The van der Waals surface area contributed by atoms with Crippen molar-refractivity contribution in [3.05, 3.63) is 83.7 Å². The van der Waals surface area contributed by atoms with Crippen LogP contribution in [-0.2, 0) is 0 Å². The summed E-state index contributed by atoms with van der Waals surface area (Å²) in [5.74, 6) is 0.00850. The van der Waals surface area contributed by atoms with Gasteiger partial charge in [-0.2, -0.15) is 0 Å². The number of nitrogens with one attached hydrogen (secondary N) is 1. The van der Waals surface area contributed by atoms with Crippen LogP contribution in [0, 0.1) is 5.82 Å². The summed E-state index contributed by atoms with van der Waals surface area (Å²) in [5.41, 5.74) is 1.83. The predicted octanol–water partition coefficient (Wildman–Crippen LogP) is 4.85. The topological polar surface area (TPSA) is 58.6 Å². The molecule has 0 fully saturated rings. The molecule has 28 heavy (non-hydrogen) atoms. The van der Waals surface area contributed by atoms with Crippen LogP contribution in [0.4, 0.5) is 15.8 Å². The van der Waals surface area contributed by atoms with Gasteiger partial charge in [0.25, 0.3) is 11.8 Å². The van der Waals surface area contributed by atoms with Crippen LogP contribution in [0.3, 0.4) is 0 Å². The molecule has 1 aliphatic rings. The number of amides is 2. The van der Waals surface area contributed by atoms with E-state index < -0.39 is 11.7 Å². The van der Waals surface area contributed by atoms with E-state index in [9.17, 15) is 14.0 Å². The first-order valence-electron chi connectivity index (χ1n) is 8.86. The molecule has 1 heterocycles. The van der Waals surface area contributed by atoms with Crippen molar-refractivity contribution in [3.63, 3.8) is 0 Å². The second kappa shape index (κ2) is 7.15. The largest absolute Gasteiger partial charge is 0.454 e. The normalized spacial score (nSPS) is 12.5. The molecule has 0 aliphatic carbocycles. The van der Waals surface area contributed by atoms with Gasteiger partial charge in [0.15, 0.2) is 5.75 Å². The molecule has 0 spiro atoms. The molecule has 0 saturated carbocycles. The van der Waals surface area contributed by atoms with Crippen molar-refractivity contribution in [2.24, 2.45) is 0 Å². The number of carbonyl (C=O) groups excluding carboxylic acids is 2. The quantitative estimate of drug-likeness (QED) is 0.711. The Hall–Kier alpha value is -3.67. The molecule has 4 rings (SSSR count). The van der Waals surface area contributed by atoms with Gasteiger partial charge in [-0.05, 0) is 61.5 Å². The van der Waals surface area contributed by atoms with Crippen LogP contribution in [-0.4, -0.2) is 18.4 Å². The fraction of sp³-hybridized carbons (Fsp3) is 0.0909. The van der Waals surface area contributed by atoms with Crippen LogP contribution in [0.15, 0.2) is 66.7 Å². The fourth-order valence-corrected chi connectivity index (χ4v) is 3.12. The van der Waals surface area contributed by atoms with E-state index in [2.05, 4.69) is 5.32 Å². The third-order valence-corrected chi connectivity index (χ3v) is 4.51. The molecule has 0 radical (unpaired) electrons. The van der Waals surface area contributed by atoms with Crippen LogP contribution < -0.4 is 15.0 Å². The number of ether oxygens (including phenoxy) is 1. The van der Waals surface area contributed by atoms with Crippen molar-refractivity contribution in [2.75, 3.05) is 16.8 Å². The molecule has 0 unspecified atom stereocenters. The summed E-state index contributed by atoms with van der Waals surface area (Å²) in [5, 5.41) is 2.74. The zero-order valence-electron chi connectivity index (χ0n) is 15.1. The molecule has 5 nitrogen and oxygen atoms in total. The van der Waals surface area contributed by atoms with E-state index in [-0.39, 0.29) is 5.91 Å². The van der Waals surface area contributed by atoms with E-state index in [0.717, 1.165) is 0 Å². The van der Waals surface area contributed by atoms with Crippen molar-refractivity contribution < 1.29 is 18.7 Å². The van der Waals surface area contributed by atoms with Crippen molar-refractivity contribution in [1.82, 2.24) is 0 Å². The molecule has 1 aliphatic heterocycles. The van der Waals surface area contributed by atoms with Gasteiger partial charge < -0.3 is 15.0 Å². The average molecular weight is 376 g/mol. The number of carbonyl (C=O) groups is 2. The number of hydrogen-bond donors (Lipinski definition) is 1. The Balaban J connectivity index is 1.67. The number of rotatable bonds is 3. The first-order valence-corrected chi connectivity index (χ1v) is 8.86. The van der Waals surface area contributed by atoms with Crippen LogP contribution >= 0.6 is 0 Å². The Labute approximate surface area is 161 Å². The smallest absolute Gasteiger partial charge is 0.262 e. The van der Waals surface area contributed by atoms with Crippen LogP contribution in [0.5, 0.6) is 11.5 Å². The van der Waals surface area contributed by atoms with Gasteiger partial charge in [0, 0.05) is 17.8 Å². The lowest BCUT2D eigenvalue weighted by atomic mass is 10.1. The minimum atomic E-state index is -0.413. The van der Waals surface area contributed by atoms with Crippen molar-refractivity contribution in [1.29, 1.82) is 0 Å². The molecule has 0 atom stereocenters. The number of hydrogen-bond acceptors (Lipinski definition) is 3. The van der Waals surface area contributed by atoms with E-state index in [1.165, 1.54) is 24.3 Å². The predicted molar refractivity (Wildman–Crippen MR) is 105 cm³/mol. The van der Waals surface area contributed by atoms with E-state index in [1.807, 2.05) is 31.2 Å². The number of halogens is 1. The second-order valence-electron chi connectivity index (χ2n) is 6.29. The minimum absolute atomic E-state index is 0.208. The standard InChI is InChI=1S/C22H17FN2O3/c1-2-25-18-5-3-4-6-20(18)28-19-12-11-16(13-17(19)22(25)27)24-21(26)14-7-9-15(23)10-8-14/h3-13H,2H2,1H3,(H,24,26). The minimum Gasteiger partial charge on any atom is -0.454 e. The summed E-state index contributed by atoms with van der Waals surface area (Å²) in [6.45, 7) is 2.37. The molecule has 6 heteroatoms. The van der Waals surface area contributed by atoms with Crippen molar-refractivity contribution in [3.8, 4) is 11.5 Å². The van der Waals surface area contributed by atoms with Gasteiger partial charge in [0.05, 0.1) is 11.3 Å². The number of para-hydroxylation sites is 2. The van der Waals surface area contributed by atoms with Crippen molar-refractivity contribution in [2.45, 2.75) is 6.92 Å². The van der Waals surface area contributed by atoms with E-state index in [1.54, 1.807) is 23.1 Å². The number of fused-ring (bicyclic) bond motifs is 2. The summed E-state index contributed by atoms with van der Waals surface area (Å²) >= 11 is 0. The molecular formula is C22H17FN2O3.